The summed E-state index contributed by atoms with van der Waals surface area (Å²) in [6.07, 6.45) is 5.95. The quantitative estimate of drug-likeness (QED) is 0.688. The summed E-state index contributed by atoms with van der Waals surface area (Å²) in [4.78, 5) is 0. The summed E-state index contributed by atoms with van der Waals surface area (Å²) in [5, 5.41) is 7.65. The molecule has 0 unspecified atom stereocenters. The molecule has 0 saturated heterocycles. The maximum absolute atomic E-state index is 5.30. The van der Waals surface area contributed by atoms with Gasteiger partial charge in [-0.05, 0) is 44.3 Å². The molecular formula is C11H22N2S. The van der Waals surface area contributed by atoms with E-state index in [1.165, 1.54) is 12.8 Å². The van der Waals surface area contributed by atoms with Crippen molar-refractivity contribution in [3.8, 4) is 0 Å². The molecule has 1 aliphatic rings. The Kier molecular flexibility index (Phi) is 4.17. The van der Waals surface area contributed by atoms with Gasteiger partial charge in [-0.15, -0.1) is 0 Å². The highest BCUT2D eigenvalue weighted by Gasteiger charge is 2.27. The summed E-state index contributed by atoms with van der Waals surface area (Å²) in [7, 11) is 0. The first-order valence-electron chi connectivity index (χ1n) is 5.74. The van der Waals surface area contributed by atoms with Crippen molar-refractivity contribution in [3.63, 3.8) is 0 Å². The molecule has 0 aromatic heterocycles. The van der Waals surface area contributed by atoms with Crippen molar-refractivity contribution < 1.29 is 0 Å². The van der Waals surface area contributed by atoms with Crippen LogP contribution >= 0.6 is 12.2 Å². The van der Waals surface area contributed by atoms with Crippen LogP contribution in [0, 0.1) is 0 Å². The minimum absolute atomic E-state index is 0.207. The highest BCUT2D eigenvalue weighted by molar-refractivity contribution is 7.80. The standard InChI is InChI=1S/C11H22N2S/c1-4-11(5-2,6-3)13-10(14)12-9-7-8-9/h9H,4-8H2,1-3H3,(H2,12,13,14). The fourth-order valence-corrected chi connectivity index (χ4v) is 2.09. The third-order valence-corrected chi connectivity index (χ3v) is 3.54. The van der Waals surface area contributed by atoms with E-state index in [2.05, 4.69) is 31.4 Å². The van der Waals surface area contributed by atoms with Crippen LogP contribution in [-0.2, 0) is 0 Å². The molecule has 0 aromatic rings. The molecule has 0 aromatic carbocycles. The van der Waals surface area contributed by atoms with E-state index in [9.17, 15) is 0 Å². The van der Waals surface area contributed by atoms with Gasteiger partial charge < -0.3 is 10.6 Å². The van der Waals surface area contributed by atoms with Crippen molar-refractivity contribution in [2.45, 2.75) is 64.5 Å². The van der Waals surface area contributed by atoms with Gasteiger partial charge in [0.25, 0.3) is 0 Å². The average molecular weight is 214 g/mol. The van der Waals surface area contributed by atoms with E-state index in [0.29, 0.717) is 6.04 Å². The summed E-state index contributed by atoms with van der Waals surface area (Å²) < 4.78 is 0. The van der Waals surface area contributed by atoms with Gasteiger partial charge in [-0.25, -0.2) is 0 Å². The topological polar surface area (TPSA) is 24.1 Å². The minimum atomic E-state index is 0.207. The molecule has 0 radical (unpaired) electrons. The number of hydrogen-bond donors (Lipinski definition) is 2. The van der Waals surface area contributed by atoms with Crippen molar-refractivity contribution in [1.82, 2.24) is 10.6 Å². The van der Waals surface area contributed by atoms with Gasteiger partial charge in [0.05, 0.1) is 0 Å². The van der Waals surface area contributed by atoms with Crippen molar-refractivity contribution in [3.05, 3.63) is 0 Å². The molecule has 2 N–H and O–H groups in total. The maximum atomic E-state index is 5.30. The molecular weight excluding hydrogens is 192 g/mol. The zero-order valence-corrected chi connectivity index (χ0v) is 10.3. The van der Waals surface area contributed by atoms with Crippen molar-refractivity contribution in [2.24, 2.45) is 0 Å². The van der Waals surface area contributed by atoms with Gasteiger partial charge in [-0.1, -0.05) is 20.8 Å². The fraction of sp³-hybridized carbons (Fsp3) is 0.909. The molecule has 0 spiro atoms. The first-order chi connectivity index (χ1) is 6.65. The van der Waals surface area contributed by atoms with Crippen LogP contribution in [0.25, 0.3) is 0 Å². The Balaban J connectivity index is 2.40. The normalized spacial score (nSPS) is 16.5. The lowest BCUT2D eigenvalue weighted by atomic mass is 9.90. The summed E-state index contributed by atoms with van der Waals surface area (Å²) >= 11 is 5.30. The van der Waals surface area contributed by atoms with Gasteiger partial charge in [-0.2, -0.15) is 0 Å². The second kappa shape index (κ2) is 4.96. The second-order valence-electron chi connectivity index (χ2n) is 4.21. The molecule has 3 heteroatoms. The predicted octanol–water partition coefficient (Wildman–Crippen LogP) is 2.58. The maximum Gasteiger partial charge on any atom is 0.166 e. The van der Waals surface area contributed by atoms with Crippen LogP contribution < -0.4 is 10.6 Å². The zero-order valence-electron chi connectivity index (χ0n) is 9.52. The lowest BCUT2D eigenvalue weighted by molar-refractivity contribution is 0.338. The summed E-state index contributed by atoms with van der Waals surface area (Å²) in [5.74, 6) is 0. The van der Waals surface area contributed by atoms with E-state index in [4.69, 9.17) is 12.2 Å². The van der Waals surface area contributed by atoms with Crippen LogP contribution in [0.2, 0.25) is 0 Å². The SMILES string of the molecule is CCC(CC)(CC)NC(=S)NC1CC1. The molecule has 0 amide bonds. The van der Waals surface area contributed by atoms with Crippen molar-refractivity contribution in [2.75, 3.05) is 0 Å². The minimum Gasteiger partial charge on any atom is -0.360 e. The van der Waals surface area contributed by atoms with Crippen LogP contribution in [0.1, 0.15) is 52.9 Å². The highest BCUT2D eigenvalue weighted by Crippen LogP contribution is 2.21. The van der Waals surface area contributed by atoms with E-state index in [0.717, 1.165) is 24.4 Å². The van der Waals surface area contributed by atoms with Crippen LogP contribution in [-0.4, -0.2) is 16.7 Å². The predicted molar refractivity (Wildman–Crippen MR) is 65.5 cm³/mol. The van der Waals surface area contributed by atoms with Crippen LogP contribution in [0.5, 0.6) is 0 Å². The number of hydrogen-bond acceptors (Lipinski definition) is 1. The molecule has 1 fully saturated rings. The molecule has 1 rings (SSSR count). The molecule has 1 aliphatic carbocycles. The Morgan fingerprint density at radius 1 is 1.21 bits per heavy atom. The van der Waals surface area contributed by atoms with Crippen LogP contribution in [0.15, 0.2) is 0 Å². The molecule has 2 nitrogen and oxygen atoms in total. The first kappa shape index (κ1) is 11.8. The van der Waals surface area contributed by atoms with Crippen LogP contribution in [0.3, 0.4) is 0 Å². The fourth-order valence-electron chi connectivity index (χ4n) is 1.71. The third kappa shape index (κ3) is 3.12. The molecule has 0 bridgehead atoms. The highest BCUT2D eigenvalue weighted by atomic mass is 32.1. The van der Waals surface area contributed by atoms with Gasteiger partial charge >= 0.3 is 0 Å². The Bertz CT molecular complexity index is 187. The van der Waals surface area contributed by atoms with E-state index >= 15 is 0 Å². The molecule has 0 atom stereocenters. The lowest BCUT2D eigenvalue weighted by Crippen LogP contribution is -2.51. The van der Waals surface area contributed by atoms with E-state index in [1.54, 1.807) is 0 Å². The van der Waals surface area contributed by atoms with Crippen molar-refractivity contribution in [1.29, 1.82) is 0 Å². The van der Waals surface area contributed by atoms with Gasteiger partial charge in [-0.3, -0.25) is 0 Å². The third-order valence-electron chi connectivity index (χ3n) is 3.32. The molecule has 1 saturated carbocycles. The van der Waals surface area contributed by atoms with E-state index < -0.39 is 0 Å². The largest absolute Gasteiger partial charge is 0.360 e. The summed E-state index contributed by atoms with van der Waals surface area (Å²) in [5.41, 5.74) is 0.207. The molecule has 14 heavy (non-hydrogen) atoms. The zero-order chi connectivity index (χ0) is 10.6. The van der Waals surface area contributed by atoms with E-state index in [1.807, 2.05) is 0 Å². The second-order valence-corrected chi connectivity index (χ2v) is 4.62. The Morgan fingerprint density at radius 3 is 2.07 bits per heavy atom. The van der Waals surface area contributed by atoms with Gasteiger partial charge in [0.1, 0.15) is 0 Å². The summed E-state index contributed by atoms with van der Waals surface area (Å²) in [6, 6.07) is 0.651. The van der Waals surface area contributed by atoms with Gasteiger partial charge in [0.15, 0.2) is 5.11 Å². The van der Waals surface area contributed by atoms with E-state index in [-0.39, 0.29) is 5.54 Å². The molecule has 82 valence electrons. The Hall–Kier alpha value is -0.310. The number of rotatable bonds is 5. The molecule has 0 aliphatic heterocycles. The molecule has 0 heterocycles. The number of thiocarbonyl (C=S) groups is 1. The van der Waals surface area contributed by atoms with Crippen molar-refractivity contribution >= 4 is 17.3 Å². The smallest absolute Gasteiger partial charge is 0.166 e. The lowest BCUT2D eigenvalue weighted by Gasteiger charge is -2.33. The Morgan fingerprint density at radius 2 is 1.71 bits per heavy atom. The monoisotopic (exact) mass is 214 g/mol. The summed E-state index contributed by atoms with van der Waals surface area (Å²) in [6.45, 7) is 6.67. The Labute approximate surface area is 92.8 Å². The average Bonchev–Trinajstić information content (AvgIpc) is 2.98. The van der Waals surface area contributed by atoms with Gasteiger partial charge in [0, 0.05) is 11.6 Å². The number of nitrogens with one attached hydrogen (secondary N) is 2. The van der Waals surface area contributed by atoms with Gasteiger partial charge in [0.2, 0.25) is 0 Å². The first-order valence-corrected chi connectivity index (χ1v) is 6.15. The van der Waals surface area contributed by atoms with Crippen LogP contribution in [0.4, 0.5) is 0 Å².